The molecule has 0 unspecified atom stereocenters. The van der Waals surface area contributed by atoms with E-state index in [1.807, 2.05) is 0 Å². The van der Waals surface area contributed by atoms with Gasteiger partial charge in [0.25, 0.3) is 0 Å². The van der Waals surface area contributed by atoms with E-state index in [0.29, 0.717) is 0 Å². The highest BCUT2D eigenvalue weighted by molar-refractivity contribution is 4.86. The van der Waals surface area contributed by atoms with Gasteiger partial charge in [0.1, 0.15) is 0 Å². The molecule has 0 saturated carbocycles. The maximum Gasteiger partial charge on any atom is 0.0820 e. The molecule has 0 amide bonds. The summed E-state index contributed by atoms with van der Waals surface area (Å²) in [5.41, 5.74) is 9.65. The second kappa shape index (κ2) is 5.60. The number of nitrogens with one attached hydrogen (secondary N) is 1. The van der Waals surface area contributed by atoms with Crippen LogP contribution in [0.4, 0.5) is 0 Å². The highest BCUT2D eigenvalue weighted by Crippen LogP contribution is 2.18. The summed E-state index contributed by atoms with van der Waals surface area (Å²) in [5, 5.41) is 6.68. The summed E-state index contributed by atoms with van der Waals surface area (Å²) >= 11 is 0. The lowest BCUT2D eigenvalue weighted by Crippen LogP contribution is -2.66. The normalized spacial score (nSPS) is 27.5. The summed E-state index contributed by atoms with van der Waals surface area (Å²) in [4.78, 5) is 0. The Morgan fingerprint density at radius 2 is 1.71 bits per heavy atom. The van der Waals surface area contributed by atoms with Gasteiger partial charge < -0.3 is 10.5 Å². The molecule has 0 aromatic heterocycles. The van der Waals surface area contributed by atoms with Crippen molar-refractivity contribution in [2.45, 2.75) is 18.5 Å². The third-order valence-corrected chi connectivity index (χ3v) is 3.59. The molecular weight excluding hydrogens is 218 g/mol. The first-order valence-electron chi connectivity index (χ1n) is 6.41. The van der Waals surface area contributed by atoms with Crippen LogP contribution < -0.4 is 11.2 Å². The van der Waals surface area contributed by atoms with Gasteiger partial charge >= 0.3 is 0 Å². The lowest BCUT2D eigenvalue weighted by molar-refractivity contribution is -0.0555. The van der Waals surface area contributed by atoms with Crippen LogP contribution in [0, 0.1) is 0 Å². The van der Waals surface area contributed by atoms with E-state index in [0.717, 1.165) is 52.2 Å². The molecule has 2 aliphatic rings. The summed E-state index contributed by atoms with van der Waals surface area (Å²) < 4.78 is 5.33. The minimum absolute atomic E-state index is 0.246. The molecule has 0 spiro atoms. The van der Waals surface area contributed by atoms with Gasteiger partial charge in [-0.2, -0.15) is 0 Å². The van der Waals surface area contributed by atoms with E-state index >= 15 is 0 Å². The molecule has 100 valence electrons. The third-order valence-electron chi connectivity index (χ3n) is 3.59. The van der Waals surface area contributed by atoms with Crippen LogP contribution in [0.1, 0.15) is 12.8 Å². The third kappa shape index (κ3) is 3.61. The van der Waals surface area contributed by atoms with Crippen molar-refractivity contribution < 1.29 is 4.74 Å². The monoisotopic (exact) mass is 243 g/mol. The quantitative estimate of drug-likeness (QED) is 0.623. The van der Waals surface area contributed by atoms with Gasteiger partial charge in [0.05, 0.1) is 18.9 Å². The summed E-state index contributed by atoms with van der Waals surface area (Å²) in [5.74, 6) is 0. The molecule has 6 nitrogen and oxygen atoms in total. The lowest BCUT2D eigenvalue weighted by atomic mass is 9.99. The average Bonchev–Trinajstić information content (AvgIpc) is 2.30. The van der Waals surface area contributed by atoms with Gasteiger partial charge in [-0.15, -0.1) is 0 Å². The zero-order valence-electron chi connectivity index (χ0n) is 11.0. The van der Waals surface area contributed by atoms with Gasteiger partial charge in [-0.3, -0.25) is 0 Å². The van der Waals surface area contributed by atoms with E-state index in [1.54, 1.807) is 0 Å². The Labute approximate surface area is 104 Å². The molecule has 0 aliphatic carbocycles. The van der Waals surface area contributed by atoms with Gasteiger partial charge in [0.15, 0.2) is 0 Å². The number of hydrogen-bond donors (Lipinski definition) is 2. The summed E-state index contributed by atoms with van der Waals surface area (Å²) in [6.07, 6.45) is 1.95. The van der Waals surface area contributed by atoms with E-state index in [4.69, 9.17) is 10.5 Å². The summed E-state index contributed by atoms with van der Waals surface area (Å²) in [6.45, 7) is 5.48. The predicted octanol–water partition coefficient (Wildman–Crippen LogP) is -0.949. The van der Waals surface area contributed by atoms with Gasteiger partial charge in [0.2, 0.25) is 0 Å². The first kappa shape index (κ1) is 13.2. The number of hydrazine groups is 2. The first-order chi connectivity index (χ1) is 8.09. The standard InChI is InChI=1S/C11H25N5O/c1-14(2)16-5-3-11(12,4-6-16)13-15-7-9-17-10-8-15/h13H,3-10,12H2,1-2H3. The fourth-order valence-corrected chi connectivity index (χ4v) is 2.40. The van der Waals surface area contributed by atoms with Crippen LogP contribution in [0.5, 0.6) is 0 Å². The Hall–Kier alpha value is -0.240. The Balaban J connectivity index is 1.80. The number of ether oxygens (including phenoxy) is 1. The molecule has 0 aromatic rings. The van der Waals surface area contributed by atoms with Gasteiger partial charge in [0, 0.05) is 40.3 Å². The number of nitrogens with two attached hydrogens (primary N) is 1. The van der Waals surface area contributed by atoms with Crippen molar-refractivity contribution >= 4 is 0 Å². The smallest absolute Gasteiger partial charge is 0.0820 e. The highest BCUT2D eigenvalue weighted by atomic mass is 16.5. The molecule has 2 heterocycles. The molecule has 2 fully saturated rings. The molecule has 6 heteroatoms. The van der Waals surface area contributed by atoms with Crippen molar-refractivity contribution in [3.63, 3.8) is 0 Å². The predicted molar refractivity (Wildman–Crippen MR) is 66.9 cm³/mol. The van der Waals surface area contributed by atoms with Crippen LogP contribution in [0.25, 0.3) is 0 Å². The van der Waals surface area contributed by atoms with E-state index < -0.39 is 0 Å². The minimum atomic E-state index is -0.246. The number of rotatable bonds is 3. The van der Waals surface area contributed by atoms with Crippen LogP contribution in [-0.4, -0.2) is 74.2 Å². The fraction of sp³-hybridized carbons (Fsp3) is 1.00. The zero-order valence-corrected chi connectivity index (χ0v) is 11.0. The van der Waals surface area contributed by atoms with Gasteiger partial charge in [-0.25, -0.2) is 20.5 Å². The van der Waals surface area contributed by atoms with Crippen molar-refractivity contribution in [3.8, 4) is 0 Å². The minimum Gasteiger partial charge on any atom is -0.379 e. The number of morpholine rings is 1. The van der Waals surface area contributed by atoms with E-state index in [1.165, 1.54) is 0 Å². The molecule has 17 heavy (non-hydrogen) atoms. The zero-order chi connectivity index (χ0) is 12.3. The number of hydrogen-bond acceptors (Lipinski definition) is 6. The maximum absolute atomic E-state index is 6.41. The van der Waals surface area contributed by atoms with Crippen LogP contribution >= 0.6 is 0 Å². The van der Waals surface area contributed by atoms with Crippen LogP contribution in [0.3, 0.4) is 0 Å². The molecule has 0 aromatic carbocycles. The van der Waals surface area contributed by atoms with Crippen LogP contribution in [0.15, 0.2) is 0 Å². The molecule has 0 radical (unpaired) electrons. The Morgan fingerprint density at radius 1 is 1.12 bits per heavy atom. The lowest BCUT2D eigenvalue weighted by Gasteiger charge is -2.44. The average molecular weight is 243 g/mol. The topological polar surface area (TPSA) is 57.0 Å². The van der Waals surface area contributed by atoms with Crippen molar-refractivity contribution in [3.05, 3.63) is 0 Å². The van der Waals surface area contributed by atoms with E-state index in [-0.39, 0.29) is 5.66 Å². The number of piperidine rings is 1. The van der Waals surface area contributed by atoms with Gasteiger partial charge in [-0.05, 0) is 12.8 Å². The van der Waals surface area contributed by atoms with E-state index in [2.05, 4.69) is 34.5 Å². The Kier molecular flexibility index (Phi) is 4.35. The number of nitrogens with zero attached hydrogens (tertiary/aromatic N) is 3. The second-order valence-electron chi connectivity index (χ2n) is 5.17. The van der Waals surface area contributed by atoms with Crippen LogP contribution in [-0.2, 0) is 4.74 Å². The van der Waals surface area contributed by atoms with Crippen molar-refractivity contribution in [1.29, 1.82) is 0 Å². The fourth-order valence-electron chi connectivity index (χ4n) is 2.40. The largest absolute Gasteiger partial charge is 0.379 e. The van der Waals surface area contributed by atoms with Crippen molar-refractivity contribution in [2.24, 2.45) is 5.73 Å². The Morgan fingerprint density at radius 3 is 2.24 bits per heavy atom. The highest BCUT2D eigenvalue weighted by Gasteiger charge is 2.33. The first-order valence-corrected chi connectivity index (χ1v) is 6.41. The van der Waals surface area contributed by atoms with Gasteiger partial charge in [-0.1, -0.05) is 0 Å². The maximum atomic E-state index is 6.41. The summed E-state index contributed by atoms with van der Waals surface area (Å²) in [7, 11) is 4.16. The molecule has 3 N–H and O–H groups in total. The van der Waals surface area contributed by atoms with Crippen LogP contribution in [0.2, 0.25) is 0 Å². The molecular formula is C11H25N5O. The molecule has 2 rings (SSSR count). The Bertz CT molecular complexity index is 234. The molecule has 0 bridgehead atoms. The SMILES string of the molecule is CN(C)N1CCC(N)(NN2CCOCC2)CC1. The summed E-state index contributed by atoms with van der Waals surface area (Å²) in [6, 6.07) is 0. The van der Waals surface area contributed by atoms with Crippen molar-refractivity contribution in [1.82, 2.24) is 20.5 Å². The molecule has 0 atom stereocenters. The molecule has 2 saturated heterocycles. The second-order valence-corrected chi connectivity index (χ2v) is 5.17. The molecule has 2 aliphatic heterocycles. The van der Waals surface area contributed by atoms with E-state index in [9.17, 15) is 0 Å². The van der Waals surface area contributed by atoms with Crippen molar-refractivity contribution in [2.75, 3.05) is 53.5 Å².